The van der Waals surface area contributed by atoms with E-state index in [0.717, 1.165) is 31.5 Å². The fraction of sp³-hybridized carbons (Fsp3) is 0.588. The second-order valence-corrected chi connectivity index (χ2v) is 5.93. The molecule has 0 spiro atoms. The minimum absolute atomic E-state index is 0.347. The molecule has 0 radical (unpaired) electrons. The molecular formula is C17H28N2O2. The van der Waals surface area contributed by atoms with Gasteiger partial charge in [0.1, 0.15) is 0 Å². The Kier molecular flexibility index (Phi) is 6.69. The van der Waals surface area contributed by atoms with Gasteiger partial charge in [0.05, 0.1) is 5.56 Å². The number of hydrogen-bond donors (Lipinski definition) is 2. The molecule has 0 saturated carbocycles. The van der Waals surface area contributed by atoms with Gasteiger partial charge in [-0.15, -0.1) is 0 Å². The molecular weight excluding hydrogens is 264 g/mol. The number of carboxylic acid groups (broad SMARTS) is 1. The van der Waals surface area contributed by atoms with Crippen molar-refractivity contribution in [2.75, 3.05) is 18.8 Å². The van der Waals surface area contributed by atoms with E-state index in [1.54, 1.807) is 18.2 Å². The molecule has 0 aliphatic carbocycles. The van der Waals surface area contributed by atoms with E-state index in [2.05, 4.69) is 32.6 Å². The maximum Gasteiger partial charge on any atom is 0.335 e. The number of carbonyl (C=O) groups is 1. The molecule has 21 heavy (non-hydrogen) atoms. The standard InChI is InChI=1S/C17H28N2O2/c1-5-19(6-2)15(9-12(3)4)11-13-10-14(18)7-8-16(13)17(20)21/h7-8,10,12,15H,5-6,9,11,18H2,1-4H3,(H,20,21). The lowest BCUT2D eigenvalue weighted by molar-refractivity contribution is 0.0695. The van der Waals surface area contributed by atoms with E-state index in [1.165, 1.54) is 0 Å². The molecule has 4 heteroatoms. The minimum atomic E-state index is -0.882. The van der Waals surface area contributed by atoms with Gasteiger partial charge in [-0.1, -0.05) is 27.7 Å². The van der Waals surface area contributed by atoms with Crippen LogP contribution in [-0.2, 0) is 6.42 Å². The van der Waals surface area contributed by atoms with Gasteiger partial charge in [0.2, 0.25) is 0 Å². The number of anilines is 1. The Labute approximate surface area is 128 Å². The summed E-state index contributed by atoms with van der Waals surface area (Å²) in [4.78, 5) is 13.8. The summed E-state index contributed by atoms with van der Waals surface area (Å²) in [5.74, 6) is -0.308. The number of rotatable bonds is 8. The zero-order valence-electron chi connectivity index (χ0n) is 13.6. The lowest BCUT2D eigenvalue weighted by Gasteiger charge is -2.31. The minimum Gasteiger partial charge on any atom is -0.478 e. The van der Waals surface area contributed by atoms with Crippen molar-refractivity contribution < 1.29 is 9.90 Å². The van der Waals surface area contributed by atoms with Gasteiger partial charge in [0.25, 0.3) is 0 Å². The molecule has 1 aromatic carbocycles. The lowest BCUT2D eigenvalue weighted by Crippen LogP contribution is -2.38. The fourth-order valence-electron chi connectivity index (χ4n) is 2.89. The Bertz CT molecular complexity index is 468. The van der Waals surface area contributed by atoms with E-state index in [9.17, 15) is 9.90 Å². The summed E-state index contributed by atoms with van der Waals surface area (Å²) in [7, 11) is 0. The first kappa shape index (κ1) is 17.5. The topological polar surface area (TPSA) is 66.6 Å². The van der Waals surface area contributed by atoms with Crippen LogP contribution in [0.3, 0.4) is 0 Å². The summed E-state index contributed by atoms with van der Waals surface area (Å²) in [5, 5.41) is 9.35. The molecule has 1 aromatic rings. The number of carboxylic acids is 1. The van der Waals surface area contributed by atoms with E-state index in [1.807, 2.05) is 0 Å². The molecule has 0 heterocycles. The van der Waals surface area contributed by atoms with Gasteiger partial charge in [-0.3, -0.25) is 0 Å². The molecule has 118 valence electrons. The van der Waals surface area contributed by atoms with Gasteiger partial charge in [-0.2, -0.15) is 0 Å². The zero-order valence-corrected chi connectivity index (χ0v) is 13.6. The van der Waals surface area contributed by atoms with Crippen molar-refractivity contribution in [3.8, 4) is 0 Å². The summed E-state index contributed by atoms with van der Waals surface area (Å²) < 4.78 is 0. The van der Waals surface area contributed by atoms with Gasteiger partial charge in [0, 0.05) is 11.7 Å². The second kappa shape index (κ2) is 8.03. The first-order valence-electron chi connectivity index (χ1n) is 7.74. The van der Waals surface area contributed by atoms with Gasteiger partial charge >= 0.3 is 5.97 Å². The number of nitrogens with zero attached hydrogens (tertiary/aromatic N) is 1. The third-order valence-corrected chi connectivity index (χ3v) is 3.89. The second-order valence-electron chi connectivity index (χ2n) is 5.93. The van der Waals surface area contributed by atoms with Crippen molar-refractivity contribution in [2.24, 2.45) is 5.92 Å². The molecule has 1 atom stereocenters. The first-order chi connectivity index (χ1) is 9.88. The lowest BCUT2D eigenvalue weighted by atomic mass is 9.93. The average Bonchev–Trinajstić information content (AvgIpc) is 2.39. The van der Waals surface area contributed by atoms with Crippen LogP contribution in [0.2, 0.25) is 0 Å². The summed E-state index contributed by atoms with van der Waals surface area (Å²) in [6, 6.07) is 5.42. The van der Waals surface area contributed by atoms with Crippen LogP contribution in [-0.4, -0.2) is 35.1 Å². The fourth-order valence-corrected chi connectivity index (χ4v) is 2.89. The molecule has 0 amide bonds. The molecule has 1 rings (SSSR count). The van der Waals surface area contributed by atoms with E-state index < -0.39 is 5.97 Å². The Balaban J connectivity index is 3.07. The van der Waals surface area contributed by atoms with Gasteiger partial charge in [-0.25, -0.2) is 4.79 Å². The number of likely N-dealkylation sites (N-methyl/N-ethyl adjacent to an activating group) is 1. The van der Waals surface area contributed by atoms with Crippen molar-refractivity contribution in [1.29, 1.82) is 0 Å². The monoisotopic (exact) mass is 292 g/mol. The van der Waals surface area contributed by atoms with Crippen LogP contribution < -0.4 is 5.73 Å². The Hall–Kier alpha value is -1.55. The van der Waals surface area contributed by atoms with Crippen molar-refractivity contribution in [1.82, 2.24) is 4.90 Å². The molecule has 1 unspecified atom stereocenters. The number of nitrogens with two attached hydrogens (primary N) is 1. The third kappa shape index (κ3) is 5.05. The largest absolute Gasteiger partial charge is 0.478 e. The van der Waals surface area contributed by atoms with Crippen LogP contribution in [0.1, 0.15) is 50.0 Å². The summed E-state index contributed by atoms with van der Waals surface area (Å²) in [6.45, 7) is 10.6. The predicted molar refractivity (Wildman–Crippen MR) is 87.7 cm³/mol. The first-order valence-corrected chi connectivity index (χ1v) is 7.74. The van der Waals surface area contributed by atoms with E-state index >= 15 is 0 Å². The van der Waals surface area contributed by atoms with E-state index in [4.69, 9.17) is 5.73 Å². The molecule has 0 aromatic heterocycles. The third-order valence-electron chi connectivity index (χ3n) is 3.89. The molecule has 0 saturated heterocycles. The Morgan fingerprint density at radius 2 is 1.90 bits per heavy atom. The Morgan fingerprint density at radius 3 is 2.38 bits per heavy atom. The number of aromatic carboxylic acids is 1. The highest BCUT2D eigenvalue weighted by Gasteiger charge is 2.20. The molecule has 0 aliphatic rings. The normalized spacial score (nSPS) is 12.9. The number of hydrogen-bond acceptors (Lipinski definition) is 3. The highest BCUT2D eigenvalue weighted by Crippen LogP contribution is 2.21. The van der Waals surface area contributed by atoms with E-state index in [-0.39, 0.29) is 0 Å². The maximum atomic E-state index is 11.4. The van der Waals surface area contributed by atoms with Crippen molar-refractivity contribution >= 4 is 11.7 Å². The zero-order chi connectivity index (χ0) is 16.0. The average molecular weight is 292 g/mol. The van der Waals surface area contributed by atoms with Crippen LogP contribution in [0.25, 0.3) is 0 Å². The quantitative estimate of drug-likeness (QED) is 0.722. The van der Waals surface area contributed by atoms with Crippen LogP contribution in [0.15, 0.2) is 18.2 Å². The molecule has 0 fully saturated rings. The smallest absolute Gasteiger partial charge is 0.335 e. The summed E-state index contributed by atoms with van der Waals surface area (Å²) in [5.41, 5.74) is 7.66. The van der Waals surface area contributed by atoms with E-state index in [0.29, 0.717) is 23.2 Å². The number of nitrogen functional groups attached to an aromatic ring is 1. The molecule has 0 bridgehead atoms. The molecule has 0 aliphatic heterocycles. The Morgan fingerprint density at radius 1 is 1.29 bits per heavy atom. The van der Waals surface area contributed by atoms with Gasteiger partial charge in [-0.05, 0) is 55.6 Å². The number of benzene rings is 1. The van der Waals surface area contributed by atoms with Crippen molar-refractivity contribution in [3.05, 3.63) is 29.3 Å². The predicted octanol–water partition coefficient (Wildman–Crippen LogP) is 3.27. The van der Waals surface area contributed by atoms with Crippen molar-refractivity contribution in [3.63, 3.8) is 0 Å². The highest BCUT2D eigenvalue weighted by atomic mass is 16.4. The van der Waals surface area contributed by atoms with Crippen LogP contribution in [0, 0.1) is 5.92 Å². The highest BCUT2D eigenvalue weighted by molar-refractivity contribution is 5.90. The van der Waals surface area contributed by atoms with Crippen LogP contribution >= 0.6 is 0 Å². The van der Waals surface area contributed by atoms with Crippen LogP contribution in [0.5, 0.6) is 0 Å². The summed E-state index contributed by atoms with van der Waals surface area (Å²) in [6.07, 6.45) is 1.78. The summed E-state index contributed by atoms with van der Waals surface area (Å²) >= 11 is 0. The SMILES string of the molecule is CCN(CC)C(Cc1cc(N)ccc1C(=O)O)CC(C)C. The molecule has 4 nitrogen and oxygen atoms in total. The van der Waals surface area contributed by atoms with Gasteiger partial charge < -0.3 is 15.7 Å². The van der Waals surface area contributed by atoms with Crippen LogP contribution in [0.4, 0.5) is 5.69 Å². The van der Waals surface area contributed by atoms with Gasteiger partial charge in [0.15, 0.2) is 0 Å². The van der Waals surface area contributed by atoms with Crippen molar-refractivity contribution in [2.45, 2.75) is 46.6 Å². The maximum absolute atomic E-state index is 11.4. The molecule has 3 N–H and O–H groups in total.